The van der Waals surface area contributed by atoms with Gasteiger partial charge in [-0.3, -0.25) is 4.98 Å². The second-order valence-electron chi connectivity index (χ2n) is 7.05. The van der Waals surface area contributed by atoms with Crippen LogP contribution in [0.5, 0.6) is 0 Å². The van der Waals surface area contributed by atoms with Crippen molar-refractivity contribution in [1.29, 1.82) is 0 Å². The maximum absolute atomic E-state index is 4.59. The summed E-state index contributed by atoms with van der Waals surface area (Å²) in [6, 6.07) is 12.4. The number of aromatic nitrogens is 5. The van der Waals surface area contributed by atoms with Gasteiger partial charge in [-0.1, -0.05) is 28.1 Å². The first-order valence-corrected chi connectivity index (χ1v) is 10.4. The van der Waals surface area contributed by atoms with Gasteiger partial charge in [-0.05, 0) is 29.8 Å². The lowest BCUT2D eigenvalue weighted by molar-refractivity contribution is 0.648. The van der Waals surface area contributed by atoms with Gasteiger partial charge in [0.05, 0.1) is 30.0 Å². The molecular weight excluding hydrogens is 430 g/mol. The fourth-order valence-corrected chi connectivity index (χ4v) is 3.99. The Morgan fingerprint density at radius 1 is 0.897 bits per heavy atom. The highest BCUT2D eigenvalue weighted by Crippen LogP contribution is 2.25. The third kappa shape index (κ3) is 3.67. The molecule has 0 aliphatic carbocycles. The summed E-state index contributed by atoms with van der Waals surface area (Å²) >= 11 is 3.48. The summed E-state index contributed by atoms with van der Waals surface area (Å²) in [5.74, 6) is 0.961. The number of benzene rings is 1. The molecule has 1 aliphatic heterocycles. The van der Waals surface area contributed by atoms with Crippen molar-refractivity contribution >= 4 is 38.5 Å². The minimum atomic E-state index is 0.683. The zero-order valence-corrected chi connectivity index (χ0v) is 17.4. The Bertz CT molecular complexity index is 1100. The molecule has 4 heterocycles. The van der Waals surface area contributed by atoms with Crippen molar-refractivity contribution in [3.8, 4) is 0 Å². The largest absolute Gasteiger partial charge is 0.367 e. The molecule has 5 rings (SSSR count). The van der Waals surface area contributed by atoms with E-state index < -0.39 is 0 Å². The number of hydrogen-bond acceptors (Lipinski definition) is 6. The average Bonchev–Trinajstić information content (AvgIpc) is 3.19. The van der Waals surface area contributed by atoms with Crippen molar-refractivity contribution in [1.82, 2.24) is 24.7 Å². The van der Waals surface area contributed by atoms with Crippen molar-refractivity contribution in [2.75, 3.05) is 36.0 Å². The van der Waals surface area contributed by atoms with E-state index in [1.165, 1.54) is 11.3 Å². The monoisotopic (exact) mass is 449 g/mol. The molecule has 8 heteroatoms. The Labute approximate surface area is 177 Å². The van der Waals surface area contributed by atoms with Crippen LogP contribution in [0.4, 0.5) is 11.5 Å². The summed E-state index contributed by atoms with van der Waals surface area (Å²) in [5.41, 5.74) is 3.22. The van der Waals surface area contributed by atoms with Gasteiger partial charge >= 0.3 is 0 Å². The smallest absolute Gasteiger partial charge is 0.163 e. The quantitative estimate of drug-likeness (QED) is 0.475. The Morgan fingerprint density at radius 3 is 2.45 bits per heavy atom. The second kappa shape index (κ2) is 7.79. The van der Waals surface area contributed by atoms with Crippen LogP contribution in [0.15, 0.2) is 65.8 Å². The van der Waals surface area contributed by atoms with E-state index in [2.05, 4.69) is 64.0 Å². The normalized spacial score (nSPS) is 14.5. The highest BCUT2D eigenvalue weighted by atomic mass is 79.9. The number of piperazine rings is 1. The molecule has 1 saturated heterocycles. The summed E-state index contributed by atoms with van der Waals surface area (Å²) in [4.78, 5) is 18.0. The van der Waals surface area contributed by atoms with Gasteiger partial charge < -0.3 is 9.80 Å². The minimum Gasteiger partial charge on any atom is -0.367 e. The lowest BCUT2D eigenvalue weighted by atomic mass is 10.2. The van der Waals surface area contributed by atoms with Crippen LogP contribution in [0.1, 0.15) is 5.56 Å². The van der Waals surface area contributed by atoms with Crippen molar-refractivity contribution in [2.45, 2.75) is 6.54 Å². The third-order valence-electron chi connectivity index (χ3n) is 5.25. The molecule has 1 aromatic carbocycles. The van der Waals surface area contributed by atoms with Crippen LogP contribution in [0, 0.1) is 0 Å². The van der Waals surface area contributed by atoms with Gasteiger partial charge in [0.15, 0.2) is 5.65 Å². The molecular formula is C21H20BrN7. The Morgan fingerprint density at radius 2 is 1.69 bits per heavy atom. The Balaban J connectivity index is 1.36. The molecule has 29 heavy (non-hydrogen) atoms. The molecule has 0 radical (unpaired) electrons. The fourth-order valence-electron chi connectivity index (χ4n) is 3.73. The highest BCUT2D eigenvalue weighted by molar-refractivity contribution is 9.10. The number of pyridine rings is 1. The molecule has 0 spiro atoms. The van der Waals surface area contributed by atoms with Crippen LogP contribution < -0.4 is 9.80 Å². The van der Waals surface area contributed by atoms with E-state index in [0.717, 1.165) is 47.5 Å². The van der Waals surface area contributed by atoms with E-state index in [0.29, 0.717) is 6.54 Å². The number of hydrogen-bond donors (Lipinski definition) is 0. The molecule has 1 fully saturated rings. The van der Waals surface area contributed by atoms with E-state index in [9.17, 15) is 0 Å². The van der Waals surface area contributed by atoms with Crippen LogP contribution in [-0.4, -0.2) is 50.9 Å². The zero-order chi connectivity index (χ0) is 19.6. The summed E-state index contributed by atoms with van der Waals surface area (Å²) < 4.78 is 3.01. The number of nitrogens with zero attached hydrogens (tertiary/aromatic N) is 7. The summed E-state index contributed by atoms with van der Waals surface area (Å²) in [5, 5.41) is 5.59. The van der Waals surface area contributed by atoms with Crippen molar-refractivity contribution < 1.29 is 0 Å². The molecule has 7 nitrogen and oxygen atoms in total. The molecule has 1 aliphatic rings. The maximum Gasteiger partial charge on any atom is 0.163 e. The van der Waals surface area contributed by atoms with Gasteiger partial charge in [0.2, 0.25) is 0 Å². The van der Waals surface area contributed by atoms with Crippen LogP contribution in [0.2, 0.25) is 0 Å². The standard InChI is InChI=1S/C21H20BrN7/c22-17-5-3-16(4-6-17)14-29-21-19(13-26-29)20(24-15-25-21)28-10-8-27(9-11-28)18-2-1-7-23-12-18/h1-7,12-13,15H,8-11,14H2. The van der Waals surface area contributed by atoms with Crippen LogP contribution in [0.3, 0.4) is 0 Å². The average molecular weight is 450 g/mol. The van der Waals surface area contributed by atoms with Gasteiger partial charge in [0.1, 0.15) is 12.1 Å². The molecule has 0 saturated carbocycles. The second-order valence-corrected chi connectivity index (χ2v) is 7.96. The lowest BCUT2D eigenvalue weighted by Crippen LogP contribution is -2.46. The van der Waals surface area contributed by atoms with Crippen LogP contribution in [0.25, 0.3) is 11.0 Å². The van der Waals surface area contributed by atoms with Crippen LogP contribution >= 0.6 is 15.9 Å². The van der Waals surface area contributed by atoms with E-state index >= 15 is 0 Å². The SMILES string of the molecule is Brc1ccc(Cn2ncc3c(N4CCN(c5cccnc5)CC4)ncnc32)cc1. The number of anilines is 2. The molecule has 0 bridgehead atoms. The van der Waals surface area contributed by atoms with Gasteiger partial charge in [-0.2, -0.15) is 5.10 Å². The third-order valence-corrected chi connectivity index (χ3v) is 5.78. The minimum absolute atomic E-state index is 0.683. The van der Waals surface area contributed by atoms with E-state index in [-0.39, 0.29) is 0 Å². The summed E-state index contributed by atoms with van der Waals surface area (Å²) in [6.07, 6.45) is 7.26. The van der Waals surface area contributed by atoms with Crippen molar-refractivity contribution in [2.24, 2.45) is 0 Å². The Kier molecular flexibility index (Phi) is 4.85. The van der Waals surface area contributed by atoms with E-state index in [4.69, 9.17) is 0 Å². The number of halogens is 1. The topological polar surface area (TPSA) is 63.0 Å². The highest BCUT2D eigenvalue weighted by Gasteiger charge is 2.21. The maximum atomic E-state index is 4.59. The van der Waals surface area contributed by atoms with Crippen molar-refractivity contribution in [3.05, 3.63) is 71.4 Å². The first kappa shape index (κ1) is 18.1. The zero-order valence-electron chi connectivity index (χ0n) is 15.8. The Hall–Kier alpha value is -3.00. The lowest BCUT2D eigenvalue weighted by Gasteiger charge is -2.36. The number of rotatable bonds is 4. The predicted octanol–water partition coefficient (Wildman–Crippen LogP) is 3.36. The molecule has 0 amide bonds. The molecule has 0 N–H and O–H groups in total. The molecule has 0 unspecified atom stereocenters. The molecule has 3 aromatic heterocycles. The van der Waals surface area contributed by atoms with Gasteiger partial charge in [-0.25, -0.2) is 14.6 Å². The summed E-state index contributed by atoms with van der Waals surface area (Å²) in [6.45, 7) is 4.36. The van der Waals surface area contributed by atoms with E-state index in [1.807, 2.05) is 41.5 Å². The molecule has 0 atom stereocenters. The van der Waals surface area contributed by atoms with Gasteiger partial charge in [-0.15, -0.1) is 0 Å². The van der Waals surface area contributed by atoms with Gasteiger partial charge in [0.25, 0.3) is 0 Å². The first-order valence-electron chi connectivity index (χ1n) is 9.59. The summed E-state index contributed by atoms with van der Waals surface area (Å²) in [7, 11) is 0. The van der Waals surface area contributed by atoms with Crippen molar-refractivity contribution in [3.63, 3.8) is 0 Å². The fraction of sp³-hybridized carbons (Fsp3) is 0.238. The number of fused-ring (bicyclic) bond motifs is 1. The predicted molar refractivity (Wildman–Crippen MR) is 117 cm³/mol. The van der Waals surface area contributed by atoms with Gasteiger partial charge in [0, 0.05) is 36.8 Å². The molecule has 4 aromatic rings. The molecule has 146 valence electrons. The first-order chi connectivity index (χ1) is 14.3. The van der Waals surface area contributed by atoms with E-state index in [1.54, 1.807) is 6.33 Å². The van der Waals surface area contributed by atoms with Crippen LogP contribution in [-0.2, 0) is 6.54 Å².